The zero-order valence-electron chi connectivity index (χ0n) is 10.9. The van der Waals surface area contributed by atoms with E-state index in [2.05, 4.69) is 15.5 Å². The van der Waals surface area contributed by atoms with Crippen LogP contribution in [0.15, 0.2) is 22.6 Å². The number of hydrogen-bond donors (Lipinski definition) is 1. The number of aromatic nitrogens is 2. The number of carbonyl (C=O) groups excluding carboxylic acids is 1. The van der Waals surface area contributed by atoms with Crippen molar-refractivity contribution in [3.05, 3.63) is 40.6 Å². The summed E-state index contributed by atoms with van der Waals surface area (Å²) in [4.78, 5) is 12.0. The van der Waals surface area contributed by atoms with E-state index in [-0.39, 0.29) is 11.8 Å². The van der Waals surface area contributed by atoms with Gasteiger partial charge in [0.05, 0.1) is 0 Å². The lowest BCUT2D eigenvalue weighted by molar-refractivity contribution is 0.0988. The van der Waals surface area contributed by atoms with E-state index in [0.29, 0.717) is 16.6 Å². The quantitative estimate of drug-likeness (QED) is 0.935. The number of anilines is 1. The van der Waals surface area contributed by atoms with E-state index in [1.165, 1.54) is 0 Å². The maximum absolute atomic E-state index is 12.0. The smallest absolute Gasteiger partial charge is 0.313 e. The third-order valence-electron chi connectivity index (χ3n) is 2.64. The predicted molar refractivity (Wildman–Crippen MR) is 72.5 cm³/mol. The molecule has 0 aliphatic carbocycles. The SMILES string of the molecule is Cc1c(Cl)cccc1NC(=O)c1nnc(C(C)C)o1. The Morgan fingerprint density at radius 1 is 1.37 bits per heavy atom. The van der Waals surface area contributed by atoms with E-state index in [1.54, 1.807) is 18.2 Å². The van der Waals surface area contributed by atoms with E-state index in [4.69, 9.17) is 16.0 Å². The molecule has 5 nitrogen and oxygen atoms in total. The Morgan fingerprint density at radius 2 is 2.11 bits per heavy atom. The molecule has 0 spiro atoms. The number of nitrogens with one attached hydrogen (secondary N) is 1. The molecule has 6 heteroatoms. The highest BCUT2D eigenvalue weighted by atomic mass is 35.5. The van der Waals surface area contributed by atoms with Crippen LogP contribution in [-0.4, -0.2) is 16.1 Å². The highest BCUT2D eigenvalue weighted by Gasteiger charge is 2.17. The Morgan fingerprint density at radius 3 is 2.74 bits per heavy atom. The van der Waals surface area contributed by atoms with Gasteiger partial charge < -0.3 is 9.73 Å². The van der Waals surface area contributed by atoms with Crippen LogP contribution in [0.25, 0.3) is 0 Å². The summed E-state index contributed by atoms with van der Waals surface area (Å²) in [6.45, 7) is 5.65. The van der Waals surface area contributed by atoms with Crippen LogP contribution in [0.5, 0.6) is 0 Å². The van der Waals surface area contributed by atoms with Gasteiger partial charge in [-0.05, 0) is 24.6 Å². The molecule has 1 amide bonds. The second-order valence-electron chi connectivity index (χ2n) is 4.47. The van der Waals surface area contributed by atoms with Crippen molar-refractivity contribution in [1.29, 1.82) is 0 Å². The molecule has 0 aliphatic rings. The number of hydrogen-bond acceptors (Lipinski definition) is 4. The molecule has 2 aromatic rings. The van der Waals surface area contributed by atoms with Gasteiger partial charge in [0.15, 0.2) is 0 Å². The van der Waals surface area contributed by atoms with Crippen LogP contribution in [0.2, 0.25) is 5.02 Å². The number of benzene rings is 1. The second-order valence-corrected chi connectivity index (χ2v) is 4.87. The van der Waals surface area contributed by atoms with Crippen molar-refractivity contribution in [3.63, 3.8) is 0 Å². The van der Waals surface area contributed by atoms with Crippen molar-refractivity contribution in [2.75, 3.05) is 5.32 Å². The van der Waals surface area contributed by atoms with E-state index in [0.717, 1.165) is 5.56 Å². The molecule has 0 saturated carbocycles. The summed E-state index contributed by atoms with van der Waals surface area (Å²) < 4.78 is 5.28. The minimum Gasteiger partial charge on any atom is -0.417 e. The molecule has 1 N–H and O–H groups in total. The Kier molecular flexibility index (Phi) is 3.85. The predicted octanol–water partition coefficient (Wildman–Crippen LogP) is 3.41. The number of halogens is 1. The number of amides is 1. The first-order chi connectivity index (χ1) is 8.99. The largest absolute Gasteiger partial charge is 0.417 e. The zero-order chi connectivity index (χ0) is 14.0. The fourth-order valence-electron chi connectivity index (χ4n) is 1.48. The van der Waals surface area contributed by atoms with Crippen LogP contribution in [0.3, 0.4) is 0 Å². The molecule has 0 unspecified atom stereocenters. The number of nitrogens with zero attached hydrogens (tertiary/aromatic N) is 2. The van der Waals surface area contributed by atoms with Crippen molar-refractivity contribution in [2.24, 2.45) is 0 Å². The van der Waals surface area contributed by atoms with Gasteiger partial charge in [-0.3, -0.25) is 4.79 Å². The summed E-state index contributed by atoms with van der Waals surface area (Å²) >= 11 is 5.99. The number of carbonyl (C=O) groups is 1. The molecule has 0 aliphatic heterocycles. The summed E-state index contributed by atoms with van der Waals surface area (Å²) in [5, 5.41) is 10.8. The van der Waals surface area contributed by atoms with Gasteiger partial charge in [0.2, 0.25) is 5.89 Å². The average molecular weight is 280 g/mol. The van der Waals surface area contributed by atoms with Crippen molar-refractivity contribution < 1.29 is 9.21 Å². The van der Waals surface area contributed by atoms with Crippen LogP contribution in [0.4, 0.5) is 5.69 Å². The summed E-state index contributed by atoms with van der Waals surface area (Å²) in [7, 11) is 0. The van der Waals surface area contributed by atoms with Crippen molar-refractivity contribution in [1.82, 2.24) is 10.2 Å². The molecule has 2 rings (SSSR count). The first-order valence-corrected chi connectivity index (χ1v) is 6.26. The maximum Gasteiger partial charge on any atom is 0.313 e. The molecule has 1 aromatic heterocycles. The zero-order valence-corrected chi connectivity index (χ0v) is 11.7. The molecule has 100 valence electrons. The summed E-state index contributed by atoms with van der Waals surface area (Å²) in [6, 6.07) is 5.28. The van der Waals surface area contributed by atoms with E-state index in [1.807, 2.05) is 20.8 Å². The highest BCUT2D eigenvalue weighted by molar-refractivity contribution is 6.31. The van der Waals surface area contributed by atoms with Crippen LogP contribution in [-0.2, 0) is 0 Å². The Hall–Kier alpha value is -1.88. The topological polar surface area (TPSA) is 68.0 Å². The second kappa shape index (κ2) is 5.40. The van der Waals surface area contributed by atoms with Crippen molar-refractivity contribution in [3.8, 4) is 0 Å². The summed E-state index contributed by atoms with van der Waals surface area (Å²) in [6.07, 6.45) is 0. The molecule has 0 atom stereocenters. The van der Waals surface area contributed by atoms with Gasteiger partial charge in [0, 0.05) is 16.6 Å². The first kappa shape index (κ1) is 13.5. The lowest BCUT2D eigenvalue weighted by Gasteiger charge is -2.07. The third-order valence-corrected chi connectivity index (χ3v) is 3.05. The third kappa shape index (κ3) is 2.93. The van der Waals surface area contributed by atoms with E-state index in [9.17, 15) is 4.79 Å². The Bertz CT molecular complexity index is 608. The molecule has 0 fully saturated rings. The molecule has 1 heterocycles. The molecule has 0 bridgehead atoms. The molecule has 0 radical (unpaired) electrons. The van der Waals surface area contributed by atoms with Crippen LogP contribution in [0, 0.1) is 6.92 Å². The minimum absolute atomic E-state index is 0.0527. The lowest BCUT2D eigenvalue weighted by atomic mass is 10.2. The normalized spacial score (nSPS) is 10.8. The molecular weight excluding hydrogens is 266 g/mol. The highest BCUT2D eigenvalue weighted by Crippen LogP contribution is 2.23. The van der Waals surface area contributed by atoms with Gasteiger partial charge >= 0.3 is 11.8 Å². The summed E-state index contributed by atoms with van der Waals surface area (Å²) in [5.74, 6) is 0.0303. The standard InChI is InChI=1S/C13H14ClN3O2/c1-7(2)12-16-17-13(19-12)11(18)15-10-6-4-5-9(14)8(10)3/h4-7H,1-3H3,(H,15,18). The number of rotatable bonds is 3. The minimum atomic E-state index is -0.440. The Balaban J connectivity index is 2.18. The van der Waals surface area contributed by atoms with Gasteiger partial charge in [-0.15, -0.1) is 10.2 Å². The molecule has 19 heavy (non-hydrogen) atoms. The van der Waals surface area contributed by atoms with Gasteiger partial charge in [-0.25, -0.2) is 0 Å². The van der Waals surface area contributed by atoms with Gasteiger partial charge in [-0.2, -0.15) is 0 Å². The van der Waals surface area contributed by atoms with Gasteiger partial charge in [0.1, 0.15) is 0 Å². The Labute approximate surface area is 116 Å². The molecule has 1 aromatic carbocycles. The average Bonchev–Trinajstić information content (AvgIpc) is 2.84. The van der Waals surface area contributed by atoms with Gasteiger partial charge in [-0.1, -0.05) is 31.5 Å². The molecule has 0 saturated heterocycles. The fourth-order valence-corrected chi connectivity index (χ4v) is 1.65. The van der Waals surface area contributed by atoms with E-state index < -0.39 is 5.91 Å². The summed E-state index contributed by atoms with van der Waals surface area (Å²) in [5.41, 5.74) is 1.42. The van der Waals surface area contributed by atoms with Crippen molar-refractivity contribution in [2.45, 2.75) is 26.7 Å². The van der Waals surface area contributed by atoms with Crippen LogP contribution < -0.4 is 5.32 Å². The maximum atomic E-state index is 12.0. The van der Waals surface area contributed by atoms with Gasteiger partial charge in [0.25, 0.3) is 0 Å². The molecular formula is C13H14ClN3O2. The van der Waals surface area contributed by atoms with E-state index >= 15 is 0 Å². The monoisotopic (exact) mass is 279 g/mol. The van der Waals surface area contributed by atoms with Crippen molar-refractivity contribution >= 4 is 23.2 Å². The first-order valence-electron chi connectivity index (χ1n) is 5.89. The lowest BCUT2D eigenvalue weighted by Crippen LogP contribution is -2.13. The van der Waals surface area contributed by atoms with Crippen LogP contribution in [0.1, 0.15) is 41.9 Å². The fraction of sp³-hybridized carbons (Fsp3) is 0.308. The van der Waals surface area contributed by atoms with Crippen LogP contribution >= 0.6 is 11.6 Å².